The number of hydrogen-bond donors (Lipinski definition) is 2. The molecule has 29 heavy (non-hydrogen) atoms. The van der Waals surface area contributed by atoms with Crippen molar-refractivity contribution in [3.8, 4) is 11.5 Å². The molecule has 2 rings (SSSR count). The molecule has 1 fully saturated rings. The fourth-order valence-electron chi connectivity index (χ4n) is 3.53. The lowest BCUT2D eigenvalue weighted by molar-refractivity contribution is -0.123. The van der Waals surface area contributed by atoms with Crippen molar-refractivity contribution in [3.63, 3.8) is 0 Å². The Labute approximate surface area is 174 Å². The zero-order valence-electron chi connectivity index (χ0n) is 18.3. The van der Waals surface area contributed by atoms with Crippen molar-refractivity contribution in [2.45, 2.75) is 52.6 Å². The van der Waals surface area contributed by atoms with Crippen LogP contribution < -0.4 is 20.1 Å². The van der Waals surface area contributed by atoms with Gasteiger partial charge in [0.2, 0.25) is 0 Å². The Morgan fingerprint density at radius 1 is 1.24 bits per heavy atom. The number of nitrogens with zero attached hydrogens (tertiary/aromatic N) is 1. The van der Waals surface area contributed by atoms with E-state index < -0.39 is 0 Å². The standard InChI is InChI=1S/C22H35N3O4/c1-15(2)24-21(26)14-29-19-9-8-18(11-20(19)28-5)22(27)23-12-17(4)25-10-6-7-16(3)13-25/h8-9,11,15-17H,6-7,10,12-14H2,1-5H3,(H,23,27)(H,24,26). The average Bonchev–Trinajstić information content (AvgIpc) is 2.69. The fourth-order valence-corrected chi connectivity index (χ4v) is 3.53. The van der Waals surface area contributed by atoms with E-state index in [0.717, 1.165) is 13.1 Å². The van der Waals surface area contributed by atoms with Gasteiger partial charge in [0.25, 0.3) is 11.8 Å². The first-order chi connectivity index (χ1) is 13.8. The van der Waals surface area contributed by atoms with E-state index in [1.54, 1.807) is 18.2 Å². The second kappa shape index (κ2) is 11.0. The van der Waals surface area contributed by atoms with Gasteiger partial charge in [-0.2, -0.15) is 0 Å². The minimum absolute atomic E-state index is 0.0506. The van der Waals surface area contributed by atoms with Crippen LogP contribution in [0.5, 0.6) is 11.5 Å². The average molecular weight is 406 g/mol. The second-order valence-electron chi connectivity index (χ2n) is 8.18. The van der Waals surface area contributed by atoms with Crippen LogP contribution in [0.3, 0.4) is 0 Å². The molecule has 0 saturated carbocycles. The highest BCUT2D eigenvalue weighted by molar-refractivity contribution is 5.94. The Bertz CT molecular complexity index is 693. The van der Waals surface area contributed by atoms with Crippen molar-refractivity contribution < 1.29 is 19.1 Å². The Morgan fingerprint density at radius 3 is 2.66 bits per heavy atom. The third kappa shape index (κ3) is 7.24. The maximum absolute atomic E-state index is 12.6. The van der Waals surface area contributed by atoms with Crippen LogP contribution in [0.25, 0.3) is 0 Å². The summed E-state index contributed by atoms with van der Waals surface area (Å²) in [6, 6.07) is 5.33. The summed E-state index contributed by atoms with van der Waals surface area (Å²) >= 11 is 0. The number of rotatable bonds is 9. The minimum Gasteiger partial charge on any atom is -0.493 e. The lowest BCUT2D eigenvalue weighted by atomic mass is 9.99. The summed E-state index contributed by atoms with van der Waals surface area (Å²) in [6.45, 7) is 10.9. The second-order valence-corrected chi connectivity index (χ2v) is 8.18. The van der Waals surface area contributed by atoms with E-state index in [9.17, 15) is 9.59 Å². The zero-order chi connectivity index (χ0) is 21.4. The van der Waals surface area contributed by atoms with Crippen LogP contribution >= 0.6 is 0 Å². The topological polar surface area (TPSA) is 79.9 Å². The van der Waals surface area contributed by atoms with Crippen molar-refractivity contribution in [2.75, 3.05) is 33.4 Å². The van der Waals surface area contributed by atoms with Crippen LogP contribution in [-0.2, 0) is 4.79 Å². The quantitative estimate of drug-likeness (QED) is 0.660. The van der Waals surface area contributed by atoms with Gasteiger partial charge in [-0.1, -0.05) is 6.92 Å². The molecule has 1 aromatic carbocycles. The highest BCUT2D eigenvalue weighted by Gasteiger charge is 2.21. The van der Waals surface area contributed by atoms with Gasteiger partial charge in [-0.3, -0.25) is 14.5 Å². The summed E-state index contributed by atoms with van der Waals surface area (Å²) in [5, 5.41) is 5.78. The normalized spacial score (nSPS) is 18.2. The molecule has 0 spiro atoms. The summed E-state index contributed by atoms with van der Waals surface area (Å²) in [6.07, 6.45) is 2.50. The van der Waals surface area contributed by atoms with Crippen LogP contribution in [0.15, 0.2) is 18.2 Å². The summed E-state index contributed by atoms with van der Waals surface area (Å²) in [5.74, 6) is 1.21. The van der Waals surface area contributed by atoms with Crippen LogP contribution in [0.1, 0.15) is 50.9 Å². The van der Waals surface area contributed by atoms with Gasteiger partial charge in [0.15, 0.2) is 18.1 Å². The molecule has 0 bridgehead atoms. The summed E-state index contributed by atoms with van der Waals surface area (Å²) in [7, 11) is 1.51. The third-order valence-electron chi connectivity index (χ3n) is 5.10. The molecule has 7 nitrogen and oxygen atoms in total. The molecule has 2 unspecified atom stereocenters. The number of likely N-dealkylation sites (tertiary alicyclic amines) is 1. The fraction of sp³-hybridized carbons (Fsp3) is 0.636. The Balaban J connectivity index is 1.90. The number of ether oxygens (including phenoxy) is 2. The van der Waals surface area contributed by atoms with Gasteiger partial charge in [-0.25, -0.2) is 0 Å². The van der Waals surface area contributed by atoms with E-state index in [-0.39, 0.29) is 24.5 Å². The SMILES string of the molecule is COc1cc(C(=O)NCC(C)N2CCCC(C)C2)ccc1OCC(=O)NC(C)C. The number of nitrogens with one attached hydrogen (secondary N) is 2. The molecular formula is C22H35N3O4. The van der Waals surface area contributed by atoms with Gasteiger partial charge < -0.3 is 20.1 Å². The molecule has 1 aromatic rings. The number of methoxy groups -OCH3 is 1. The smallest absolute Gasteiger partial charge is 0.258 e. The molecule has 2 amide bonds. The summed E-state index contributed by atoms with van der Waals surface area (Å²) in [5.41, 5.74) is 0.500. The number of benzene rings is 1. The predicted molar refractivity (Wildman–Crippen MR) is 114 cm³/mol. The Hall–Kier alpha value is -2.28. The molecule has 0 aromatic heterocycles. The van der Waals surface area contributed by atoms with Crippen LogP contribution in [-0.4, -0.2) is 62.1 Å². The van der Waals surface area contributed by atoms with Gasteiger partial charge in [-0.05, 0) is 64.3 Å². The molecule has 7 heteroatoms. The highest BCUT2D eigenvalue weighted by atomic mass is 16.5. The third-order valence-corrected chi connectivity index (χ3v) is 5.10. The van der Waals surface area contributed by atoms with Crippen molar-refractivity contribution in [1.82, 2.24) is 15.5 Å². The first kappa shape index (κ1) is 23.0. The molecule has 0 aliphatic carbocycles. The molecule has 162 valence electrons. The zero-order valence-corrected chi connectivity index (χ0v) is 18.3. The van der Waals surface area contributed by atoms with Crippen molar-refractivity contribution in [3.05, 3.63) is 23.8 Å². The molecule has 2 atom stereocenters. The highest BCUT2D eigenvalue weighted by Crippen LogP contribution is 2.28. The lowest BCUT2D eigenvalue weighted by Gasteiger charge is -2.35. The van der Waals surface area contributed by atoms with Crippen LogP contribution in [0, 0.1) is 5.92 Å². The van der Waals surface area contributed by atoms with Crippen molar-refractivity contribution >= 4 is 11.8 Å². The van der Waals surface area contributed by atoms with Gasteiger partial charge in [0.05, 0.1) is 7.11 Å². The molecular weight excluding hydrogens is 370 g/mol. The maximum Gasteiger partial charge on any atom is 0.258 e. The van der Waals surface area contributed by atoms with Gasteiger partial charge >= 0.3 is 0 Å². The van der Waals surface area contributed by atoms with Crippen LogP contribution in [0.4, 0.5) is 0 Å². The molecule has 2 N–H and O–H groups in total. The van der Waals surface area contributed by atoms with E-state index in [4.69, 9.17) is 9.47 Å². The Morgan fingerprint density at radius 2 is 2.00 bits per heavy atom. The van der Waals surface area contributed by atoms with Crippen molar-refractivity contribution in [2.24, 2.45) is 5.92 Å². The van der Waals surface area contributed by atoms with E-state index in [0.29, 0.717) is 35.6 Å². The van der Waals surface area contributed by atoms with Gasteiger partial charge in [0.1, 0.15) is 0 Å². The predicted octanol–water partition coefficient (Wildman–Crippen LogP) is 2.45. The molecule has 1 heterocycles. The van der Waals surface area contributed by atoms with Crippen LogP contribution in [0.2, 0.25) is 0 Å². The number of amides is 2. The van der Waals surface area contributed by atoms with E-state index in [1.807, 2.05) is 13.8 Å². The number of carbonyl (C=O) groups is 2. The van der Waals surface area contributed by atoms with E-state index in [1.165, 1.54) is 20.0 Å². The molecule has 1 saturated heterocycles. The number of piperidine rings is 1. The lowest BCUT2D eigenvalue weighted by Crippen LogP contribution is -2.46. The summed E-state index contributed by atoms with van der Waals surface area (Å²) in [4.78, 5) is 26.8. The number of carbonyl (C=O) groups excluding carboxylic acids is 2. The monoisotopic (exact) mass is 405 g/mol. The number of hydrogen-bond acceptors (Lipinski definition) is 5. The summed E-state index contributed by atoms with van der Waals surface area (Å²) < 4.78 is 10.9. The maximum atomic E-state index is 12.6. The van der Waals surface area contributed by atoms with Crippen molar-refractivity contribution in [1.29, 1.82) is 0 Å². The first-order valence-corrected chi connectivity index (χ1v) is 10.4. The largest absolute Gasteiger partial charge is 0.493 e. The van der Waals surface area contributed by atoms with E-state index in [2.05, 4.69) is 29.4 Å². The van der Waals surface area contributed by atoms with Gasteiger partial charge in [0, 0.05) is 30.7 Å². The molecule has 1 aliphatic heterocycles. The Kier molecular flexibility index (Phi) is 8.76. The van der Waals surface area contributed by atoms with Gasteiger partial charge in [-0.15, -0.1) is 0 Å². The first-order valence-electron chi connectivity index (χ1n) is 10.4. The minimum atomic E-state index is -0.204. The molecule has 0 radical (unpaired) electrons. The molecule has 1 aliphatic rings. The van der Waals surface area contributed by atoms with E-state index >= 15 is 0 Å².